The molecule has 0 aliphatic heterocycles. The Balaban J connectivity index is 1.61. The highest BCUT2D eigenvalue weighted by Crippen LogP contribution is 2.22. The number of nitrogens with zero attached hydrogens (tertiary/aromatic N) is 2. The smallest absolute Gasteiger partial charge is 0.261 e. The van der Waals surface area contributed by atoms with E-state index >= 15 is 0 Å². The predicted molar refractivity (Wildman–Crippen MR) is 109 cm³/mol. The molecule has 0 aliphatic carbocycles. The van der Waals surface area contributed by atoms with Crippen LogP contribution in [-0.2, 0) is 4.79 Å². The van der Waals surface area contributed by atoms with Crippen molar-refractivity contribution in [1.29, 1.82) is 0 Å². The summed E-state index contributed by atoms with van der Waals surface area (Å²) in [5.41, 5.74) is 3.35. The second-order valence-corrected chi connectivity index (χ2v) is 6.60. The molecule has 28 heavy (non-hydrogen) atoms. The molecule has 4 aromatic rings. The Labute approximate surface area is 165 Å². The van der Waals surface area contributed by atoms with Crippen molar-refractivity contribution in [3.8, 4) is 0 Å². The maximum absolute atomic E-state index is 12.8. The normalized spacial score (nSPS) is 11.6. The Bertz CT molecular complexity index is 1160. The van der Waals surface area contributed by atoms with Crippen LogP contribution in [0.4, 0.5) is 11.4 Å². The Kier molecular flexibility index (Phi) is 4.82. The lowest BCUT2D eigenvalue weighted by atomic mass is 10.1. The Morgan fingerprint density at radius 1 is 1.14 bits per heavy atom. The highest BCUT2D eigenvalue weighted by molar-refractivity contribution is 6.30. The topological polar surface area (TPSA) is 95.8 Å². The minimum Gasteiger partial charge on any atom is -0.361 e. The number of carbonyl (C=O) groups is 1. The molecule has 0 radical (unpaired) electrons. The van der Waals surface area contributed by atoms with Gasteiger partial charge in [0.1, 0.15) is 5.57 Å². The number of nitrogens with one attached hydrogen (secondary N) is 3. The molecule has 2 aromatic heterocycles. The van der Waals surface area contributed by atoms with Crippen molar-refractivity contribution in [1.82, 2.24) is 15.4 Å². The molecule has 0 saturated carbocycles. The second-order valence-electron chi connectivity index (χ2n) is 6.17. The van der Waals surface area contributed by atoms with E-state index < -0.39 is 0 Å². The zero-order chi connectivity index (χ0) is 19.5. The fourth-order valence-electron chi connectivity index (χ4n) is 2.66. The number of hydrogen-bond acceptors (Lipinski definition) is 5. The molecule has 0 atom stereocenters. The van der Waals surface area contributed by atoms with Gasteiger partial charge in [0.2, 0.25) is 0 Å². The van der Waals surface area contributed by atoms with Crippen molar-refractivity contribution in [2.45, 2.75) is 6.92 Å². The molecule has 0 aliphatic rings. The minimum atomic E-state index is -0.338. The number of rotatable bonds is 5. The van der Waals surface area contributed by atoms with Crippen LogP contribution in [-0.4, -0.2) is 21.3 Å². The molecular formula is C20H16ClN5O2. The van der Waals surface area contributed by atoms with E-state index in [1.807, 2.05) is 18.2 Å². The van der Waals surface area contributed by atoms with Crippen LogP contribution in [0.1, 0.15) is 11.5 Å². The van der Waals surface area contributed by atoms with Gasteiger partial charge < -0.3 is 15.2 Å². The van der Waals surface area contributed by atoms with Gasteiger partial charge in [-0.15, -0.1) is 0 Å². The largest absolute Gasteiger partial charge is 0.361 e. The first kappa shape index (κ1) is 17.8. The molecule has 0 saturated heterocycles. The van der Waals surface area contributed by atoms with Gasteiger partial charge in [-0.3, -0.25) is 9.89 Å². The number of anilines is 2. The monoisotopic (exact) mass is 393 g/mol. The fraction of sp³-hybridized carbons (Fsp3) is 0.0500. The zero-order valence-corrected chi connectivity index (χ0v) is 15.6. The van der Waals surface area contributed by atoms with Crippen molar-refractivity contribution in [3.63, 3.8) is 0 Å². The standard InChI is InChI=1S/C20H16ClN5O2/c1-12-8-19(28-26-12)17(20(27)24-15-4-2-14(21)3-5-15)11-22-16-6-7-18-13(9-16)10-23-25-18/h2-11,22H,1H3,(H,23,25)(H,24,27). The van der Waals surface area contributed by atoms with Crippen LogP contribution in [0, 0.1) is 6.92 Å². The van der Waals surface area contributed by atoms with Gasteiger partial charge >= 0.3 is 0 Å². The van der Waals surface area contributed by atoms with Crippen molar-refractivity contribution < 1.29 is 9.32 Å². The third-order valence-corrected chi connectivity index (χ3v) is 4.32. The quantitative estimate of drug-likeness (QED) is 0.430. The molecule has 7 nitrogen and oxygen atoms in total. The van der Waals surface area contributed by atoms with E-state index in [-0.39, 0.29) is 5.91 Å². The Hall–Kier alpha value is -3.58. The second kappa shape index (κ2) is 7.58. The van der Waals surface area contributed by atoms with Gasteiger partial charge in [-0.1, -0.05) is 16.8 Å². The molecular weight excluding hydrogens is 378 g/mol. The van der Waals surface area contributed by atoms with Gasteiger partial charge in [0, 0.05) is 34.0 Å². The highest BCUT2D eigenvalue weighted by atomic mass is 35.5. The summed E-state index contributed by atoms with van der Waals surface area (Å²) in [6.45, 7) is 1.79. The molecule has 0 bridgehead atoms. The van der Waals surface area contributed by atoms with Gasteiger partial charge in [0.05, 0.1) is 17.4 Å². The first-order valence-electron chi connectivity index (χ1n) is 8.49. The highest BCUT2D eigenvalue weighted by Gasteiger charge is 2.17. The fourth-order valence-corrected chi connectivity index (χ4v) is 2.78. The van der Waals surface area contributed by atoms with Gasteiger partial charge in [0.25, 0.3) is 5.91 Å². The summed E-state index contributed by atoms with van der Waals surface area (Å²) in [5, 5.41) is 18.3. The third kappa shape index (κ3) is 3.89. The molecule has 0 fully saturated rings. The Morgan fingerprint density at radius 2 is 1.93 bits per heavy atom. The molecule has 140 valence electrons. The lowest BCUT2D eigenvalue weighted by Crippen LogP contribution is -2.14. The van der Waals surface area contributed by atoms with Crippen LogP contribution in [0.15, 0.2) is 65.5 Å². The molecule has 0 spiro atoms. The van der Waals surface area contributed by atoms with E-state index in [9.17, 15) is 4.79 Å². The van der Waals surface area contributed by atoms with Gasteiger partial charge in [-0.25, -0.2) is 0 Å². The van der Waals surface area contributed by atoms with Crippen LogP contribution in [0.25, 0.3) is 16.5 Å². The van der Waals surface area contributed by atoms with Crippen LogP contribution >= 0.6 is 11.6 Å². The predicted octanol–water partition coefficient (Wildman–Crippen LogP) is 4.60. The summed E-state index contributed by atoms with van der Waals surface area (Å²) < 4.78 is 5.30. The van der Waals surface area contributed by atoms with Crippen LogP contribution in [0.2, 0.25) is 5.02 Å². The summed E-state index contributed by atoms with van der Waals surface area (Å²) in [6.07, 6.45) is 3.32. The van der Waals surface area contributed by atoms with E-state index in [0.717, 1.165) is 16.6 Å². The molecule has 3 N–H and O–H groups in total. The van der Waals surface area contributed by atoms with E-state index in [2.05, 4.69) is 26.0 Å². The van der Waals surface area contributed by atoms with Crippen molar-refractivity contribution in [2.75, 3.05) is 10.6 Å². The summed E-state index contributed by atoms with van der Waals surface area (Å²) in [7, 11) is 0. The van der Waals surface area contributed by atoms with Crippen molar-refractivity contribution in [2.24, 2.45) is 0 Å². The average molecular weight is 394 g/mol. The number of hydrogen-bond donors (Lipinski definition) is 3. The van der Waals surface area contributed by atoms with Gasteiger partial charge in [0.15, 0.2) is 5.76 Å². The van der Waals surface area contributed by atoms with E-state index in [1.165, 1.54) is 0 Å². The first-order chi connectivity index (χ1) is 13.6. The molecule has 8 heteroatoms. The number of aromatic nitrogens is 3. The number of carbonyl (C=O) groups excluding carboxylic acids is 1. The van der Waals surface area contributed by atoms with E-state index in [0.29, 0.717) is 27.7 Å². The Morgan fingerprint density at radius 3 is 2.68 bits per heavy atom. The summed E-state index contributed by atoms with van der Waals surface area (Å²) in [5.74, 6) is 0.0243. The minimum absolute atomic E-state index is 0.308. The molecule has 1 amide bonds. The number of H-pyrrole nitrogens is 1. The van der Waals surface area contributed by atoms with Crippen LogP contribution in [0.5, 0.6) is 0 Å². The number of aromatic amines is 1. The van der Waals surface area contributed by atoms with Crippen molar-refractivity contribution in [3.05, 3.63) is 77.4 Å². The van der Waals surface area contributed by atoms with Crippen molar-refractivity contribution >= 4 is 45.4 Å². The van der Waals surface area contributed by atoms with E-state index in [4.69, 9.17) is 16.1 Å². The SMILES string of the molecule is Cc1cc(C(=CNc2ccc3[nH]ncc3c2)C(=O)Nc2ccc(Cl)cc2)on1. The molecule has 2 aromatic carbocycles. The third-order valence-electron chi connectivity index (χ3n) is 4.06. The lowest BCUT2D eigenvalue weighted by molar-refractivity contribution is -0.111. The average Bonchev–Trinajstić information content (AvgIpc) is 3.32. The lowest BCUT2D eigenvalue weighted by Gasteiger charge is -2.08. The maximum atomic E-state index is 12.8. The zero-order valence-electron chi connectivity index (χ0n) is 14.9. The summed E-state index contributed by atoms with van der Waals surface area (Å²) >= 11 is 5.90. The number of aryl methyl sites for hydroxylation is 1. The number of fused-ring (bicyclic) bond motifs is 1. The van der Waals surface area contributed by atoms with Crippen LogP contribution in [0.3, 0.4) is 0 Å². The summed E-state index contributed by atoms with van der Waals surface area (Å²) in [4.78, 5) is 12.8. The first-order valence-corrected chi connectivity index (χ1v) is 8.87. The van der Waals surface area contributed by atoms with Gasteiger partial charge in [-0.05, 0) is 49.4 Å². The molecule has 4 rings (SSSR count). The summed E-state index contributed by atoms with van der Waals surface area (Å²) in [6, 6.07) is 14.3. The maximum Gasteiger partial charge on any atom is 0.261 e. The van der Waals surface area contributed by atoms with Crippen LogP contribution < -0.4 is 10.6 Å². The van der Waals surface area contributed by atoms with E-state index in [1.54, 1.807) is 49.7 Å². The number of amides is 1. The number of benzene rings is 2. The number of halogens is 1. The molecule has 0 unspecified atom stereocenters. The molecule has 2 heterocycles. The van der Waals surface area contributed by atoms with Gasteiger partial charge in [-0.2, -0.15) is 5.10 Å².